The normalized spacial score (nSPS) is 9.60. The van der Waals surface area contributed by atoms with Crippen molar-refractivity contribution in [1.82, 2.24) is 0 Å². The van der Waals surface area contributed by atoms with Gasteiger partial charge in [-0.3, -0.25) is 0 Å². The van der Waals surface area contributed by atoms with Crippen molar-refractivity contribution in [2.75, 3.05) is 6.54 Å². The quantitative estimate of drug-likeness (QED) is 0.404. The van der Waals surface area contributed by atoms with E-state index in [0.717, 1.165) is 32.2 Å². The standard InChI is InChI=1S/C6H17N3.ClH/c7-5-3-1-2-4-6(8)9;/h6H,1-5,7-9H2;1H. The van der Waals surface area contributed by atoms with Crippen LogP contribution < -0.4 is 17.2 Å². The van der Waals surface area contributed by atoms with Crippen LogP contribution in [0.1, 0.15) is 25.7 Å². The Bertz CT molecular complexity index is 59.0. The van der Waals surface area contributed by atoms with Crippen LogP contribution in [0.2, 0.25) is 0 Å². The minimum Gasteiger partial charge on any atom is -0.330 e. The van der Waals surface area contributed by atoms with Crippen molar-refractivity contribution >= 4 is 12.4 Å². The summed E-state index contributed by atoms with van der Waals surface area (Å²) in [6.45, 7) is 0.778. The zero-order chi connectivity index (χ0) is 7.11. The van der Waals surface area contributed by atoms with Crippen LogP contribution in [0.4, 0.5) is 0 Å². The van der Waals surface area contributed by atoms with E-state index in [1.807, 2.05) is 0 Å². The zero-order valence-corrected chi connectivity index (χ0v) is 7.07. The minimum absolute atomic E-state index is 0. The molecule has 0 aliphatic heterocycles. The van der Waals surface area contributed by atoms with Gasteiger partial charge in [0.15, 0.2) is 0 Å². The van der Waals surface area contributed by atoms with Crippen LogP contribution in [0.5, 0.6) is 0 Å². The number of halogens is 1. The van der Waals surface area contributed by atoms with Gasteiger partial charge in [-0.05, 0) is 19.4 Å². The van der Waals surface area contributed by atoms with Crippen molar-refractivity contribution in [2.45, 2.75) is 31.8 Å². The van der Waals surface area contributed by atoms with Gasteiger partial charge in [-0.15, -0.1) is 12.4 Å². The van der Waals surface area contributed by atoms with Crippen LogP contribution in [0.25, 0.3) is 0 Å². The maximum absolute atomic E-state index is 5.32. The average Bonchev–Trinajstić information content (AvgIpc) is 1.80. The molecule has 0 radical (unpaired) electrons. The van der Waals surface area contributed by atoms with Crippen LogP contribution >= 0.6 is 12.4 Å². The highest BCUT2D eigenvalue weighted by molar-refractivity contribution is 5.85. The molecule has 0 aromatic heterocycles. The molecule has 0 saturated heterocycles. The first kappa shape index (κ1) is 12.8. The highest BCUT2D eigenvalue weighted by Crippen LogP contribution is 1.97. The fourth-order valence-electron chi connectivity index (χ4n) is 0.701. The Morgan fingerprint density at radius 2 is 1.60 bits per heavy atom. The molecule has 0 rings (SSSR count). The lowest BCUT2D eigenvalue weighted by Crippen LogP contribution is -2.29. The van der Waals surface area contributed by atoms with Crippen molar-refractivity contribution in [3.05, 3.63) is 0 Å². The number of unbranched alkanes of at least 4 members (excludes halogenated alkanes) is 2. The molecule has 0 aliphatic rings. The lowest BCUT2D eigenvalue weighted by Gasteiger charge is -2.02. The van der Waals surface area contributed by atoms with Crippen molar-refractivity contribution in [3.63, 3.8) is 0 Å². The molecule has 0 fully saturated rings. The van der Waals surface area contributed by atoms with E-state index in [2.05, 4.69) is 0 Å². The molecule has 64 valence electrons. The molecule has 4 heteroatoms. The highest BCUT2D eigenvalue weighted by atomic mass is 35.5. The summed E-state index contributed by atoms with van der Waals surface area (Å²) in [5, 5.41) is 0. The van der Waals surface area contributed by atoms with Gasteiger partial charge in [-0.25, -0.2) is 0 Å². The van der Waals surface area contributed by atoms with Gasteiger partial charge in [-0.2, -0.15) is 0 Å². The van der Waals surface area contributed by atoms with E-state index in [1.54, 1.807) is 0 Å². The third kappa shape index (κ3) is 11.0. The molecule has 6 N–H and O–H groups in total. The first-order valence-electron chi connectivity index (χ1n) is 3.48. The van der Waals surface area contributed by atoms with Crippen LogP contribution in [-0.4, -0.2) is 12.7 Å². The molecule has 0 saturated carbocycles. The molecule has 0 amide bonds. The lowest BCUT2D eigenvalue weighted by atomic mass is 10.2. The lowest BCUT2D eigenvalue weighted by molar-refractivity contribution is 0.567. The fraction of sp³-hybridized carbons (Fsp3) is 1.00. The van der Waals surface area contributed by atoms with Crippen LogP contribution in [0.15, 0.2) is 0 Å². The van der Waals surface area contributed by atoms with Gasteiger partial charge in [0.25, 0.3) is 0 Å². The first-order valence-corrected chi connectivity index (χ1v) is 3.48. The number of rotatable bonds is 5. The maximum Gasteiger partial charge on any atom is 0.0520 e. The van der Waals surface area contributed by atoms with E-state index >= 15 is 0 Å². The van der Waals surface area contributed by atoms with Crippen LogP contribution in [-0.2, 0) is 0 Å². The summed E-state index contributed by atoms with van der Waals surface area (Å²) in [7, 11) is 0. The molecule has 0 aromatic rings. The van der Waals surface area contributed by atoms with Gasteiger partial charge in [-0.1, -0.05) is 12.8 Å². The minimum atomic E-state index is -0.136. The Morgan fingerprint density at radius 1 is 1.00 bits per heavy atom. The third-order valence-corrected chi connectivity index (χ3v) is 1.24. The molecule has 0 bridgehead atoms. The molecule has 3 nitrogen and oxygen atoms in total. The van der Waals surface area contributed by atoms with E-state index in [0.29, 0.717) is 0 Å². The van der Waals surface area contributed by atoms with E-state index in [9.17, 15) is 0 Å². The second-order valence-corrected chi connectivity index (χ2v) is 2.30. The summed E-state index contributed by atoms with van der Waals surface area (Å²) in [6, 6.07) is 0. The molecule has 0 atom stereocenters. The van der Waals surface area contributed by atoms with Gasteiger partial charge >= 0.3 is 0 Å². The SMILES string of the molecule is Cl.NCCCCCC(N)N. The van der Waals surface area contributed by atoms with Crippen molar-refractivity contribution in [1.29, 1.82) is 0 Å². The van der Waals surface area contributed by atoms with Crippen LogP contribution in [0, 0.1) is 0 Å². The zero-order valence-electron chi connectivity index (χ0n) is 6.25. The van der Waals surface area contributed by atoms with Crippen molar-refractivity contribution in [2.24, 2.45) is 17.2 Å². The largest absolute Gasteiger partial charge is 0.330 e. The van der Waals surface area contributed by atoms with Crippen molar-refractivity contribution < 1.29 is 0 Å². The second kappa shape index (κ2) is 9.17. The highest BCUT2D eigenvalue weighted by Gasteiger charge is 1.92. The van der Waals surface area contributed by atoms with Gasteiger partial charge in [0.2, 0.25) is 0 Å². The molecule has 0 unspecified atom stereocenters. The smallest absolute Gasteiger partial charge is 0.0520 e. The predicted molar refractivity (Wildman–Crippen MR) is 46.9 cm³/mol. The topological polar surface area (TPSA) is 78.1 Å². The fourth-order valence-corrected chi connectivity index (χ4v) is 0.701. The molecule has 0 aliphatic carbocycles. The van der Waals surface area contributed by atoms with Gasteiger partial charge < -0.3 is 17.2 Å². The van der Waals surface area contributed by atoms with Crippen LogP contribution in [0.3, 0.4) is 0 Å². The maximum atomic E-state index is 5.32. The van der Waals surface area contributed by atoms with Gasteiger partial charge in [0.1, 0.15) is 0 Å². The van der Waals surface area contributed by atoms with E-state index in [-0.39, 0.29) is 18.6 Å². The average molecular weight is 168 g/mol. The number of hydrogen-bond acceptors (Lipinski definition) is 3. The Hall–Kier alpha value is 0.170. The Morgan fingerprint density at radius 3 is 2.00 bits per heavy atom. The summed E-state index contributed by atoms with van der Waals surface area (Å²) in [5.74, 6) is 0. The Labute approximate surface area is 68.7 Å². The predicted octanol–water partition coefficient (Wildman–Crippen LogP) is 0.171. The van der Waals surface area contributed by atoms with Gasteiger partial charge in [0.05, 0.1) is 6.17 Å². The summed E-state index contributed by atoms with van der Waals surface area (Å²) in [5.41, 5.74) is 15.9. The Balaban J connectivity index is 0. The number of nitrogens with two attached hydrogens (primary N) is 3. The van der Waals surface area contributed by atoms with E-state index in [4.69, 9.17) is 17.2 Å². The molecule has 0 spiro atoms. The number of hydrogen-bond donors (Lipinski definition) is 3. The molecular formula is C6H18ClN3. The first-order chi connectivity index (χ1) is 4.27. The summed E-state index contributed by atoms with van der Waals surface area (Å²) < 4.78 is 0. The third-order valence-electron chi connectivity index (χ3n) is 1.24. The summed E-state index contributed by atoms with van der Waals surface area (Å²) in [6.07, 6.45) is 4.13. The molecule has 0 aromatic carbocycles. The van der Waals surface area contributed by atoms with Crippen molar-refractivity contribution in [3.8, 4) is 0 Å². The van der Waals surface area contributed by atoms with Gasteiger partial charge in [0, 0.05) is 0 Å². The monoisotopic (exact) mass is 167 g/mol. The Kier molecular flexibility index (Phi) is 11.7. The summed E-state index contributed by atoms with van der Waals surface area (Å²) >= 11 is 0. The van der Waals surface area contributed by atoms with E-state index in [1.165, 1.54) is 0 Å². The second-order valence-electron chi connectivity index (χ2n) is 2.30. The van der Waals surface area contributed by atoms with E-state index < -0.39 is 0 Å². The molecule has 0 heterocycles. The molecule has 10 heavy (non-hydrogen) atoms. The summed E-state index contributed by atoms with van der Waals surface area (Å²) in [4.78, 5) is 0. The molecular weight excluding hydrogens is 150 g/mol.